The molecule has 2 aliphatic rings. The van der Waals surface area contributed by atoms with Gasteiger partial charge in [0.15, 0.2) is 9.84 Å². The van der Waals surface area contributed by atoms with Gasteiger partial charge in [0.2, 0.25) is 0 Å². The van der Waals surface area contributed by atoms with Gasteiger partial charge in [-0.1, -0.05) is 0 Å². The first-order valence-electron chi connectivity index (χ1n) is 6.34. The summed E-state index contributed by atoms with van der Waals surface area (Å²) in [5.41, 5.74) is 0.113. The topological polar surface area (TPSA) is 49.4 Å². The first-order chi connectivity index (χ1) is 7.61. The van der Waals surface area contributed by atoms with Crippen molar-refractivity contribution in [3.8, 4) is 0 Å². The standard InChI is InChI=1S/C12H24N2O2S/c1-11(2)9-14(12(3,4)8-13-11)10-5-6-17(15,16)7-10/h10,13H,5-9H2,1-4H3. The summed E-state index contributed by atoms with van der Waals surface area (Å²) in [6, 6.07) is 0.205. The van der Waals surface area contributed by atoms with Gasteiger partial charge in [-0.15, -0.1) is 0 Å². The van der Waals surface area contributed by atoms with Crippen LogP contribution in [-0.2, 0) is 9.84 Å². The third-order valence-corrected chi connectivity index (χ3v) is 5.74. The van der Waals surface area contributed by atoms with E-state index >= 15 is 0 Å². The zero-order valence-corrected chi connectivity index (χ0v) is 12.1. The predicted molar refractivity (Wildman–Crippen MR) is 69.9 cm³/mol. The largest absolute Gasteiger partial charge is 0.309 e. The summed E-state index contributed by atoms with van der Waals surface area (Å²) >= 11 is 0. The van der Waals surface area contributed by atoms with Gasteiger partial charge >= 0.3 is 0 Å². The molecule has 0 bridgehead atoms. The highest BCUT2D eigenvalue weighted by atomic mass is 32.2. The Kier molecular flexibility index (Phi) is 3.08. The van der Waals surface area contributed by atoms with Crippen molar-refractivity contribution >= 4 is 9.84 Å². The summed E-state index contributed by atoms with van der Waals surface area (Å²) in [5, 5.41) is 3.53. The Hall–Kier alpha value is -0.130. The zero-order chi connectivity index (χ0) is 12.9. The molecule has 1 N–H and O–H groups in total. The minimum atomic E-state index is -2.79. The molecule has 1 unspecified atom stereocenters. The number of nitrogens with one attached hydrogen (secondary N) is 1. The molecule has 100 valence electrons. The van der Waals surface area contributed by atoms with Crippen molar-refractivity contribution in [1.82, 2.24) is 10.2 Å². The second-order valence-electron chi connectivity index (χ2n) is 6.73. The smallest absolute Gasteiger partial charge is 0.151 e. The van der Waals surface area contributed by atoms with Crippen LogP contribution < -0.4 is 5.32 Å². The summed E-state index contributed by atoms with van der Waals surface area (Å²) in [7, 11) is -2.79. The number of rotatable bonds is 1. The van der Waals surface area contributed by atoms with Crippen LogP contribution in [0.1, 0.15) is 34.1 Å². The fraction of sp³-hybridized carbons (Fsp3) is 1.00. The van der Waals surface area contributed by atoms with Crippen molar-refractivity contribution in [2.75, 3.05) is 24.6 Å². The van der Waals surface area contributed by atoms with Crippen LogP contribution >= 0.6 is 0 Å². The molecular formula is C12H24N2O2S. The van der Waals surface area contributed by atoms with Crippen molar-refractivity contribution in [2.45, 2.75) is 51.2 Å². The van der Waals surface area contributed by atoms with E-state index in [0.717, 1.165) is 19.5 Å². The predicted octanol–water partition coefficient (Wildman–Crippen LogP) is 0.636. The lowest BCUT2D eigenvalue weighted by Gasteiger charge is -2.52. The van der Waals surface area contributed by atoms with Gasteiger partial charge < -0.3 is 5.32 Å². The molecule has 2 aliphatic heterocycles. The van der Waals surface area contributed by atoms with Crippen LogP contribution in [0.15, 0.2) is 0 Å². The van der Waals surface area contributed by atoms with E-state index in [-0.39, 0.29) is 17.1 Å². The molecule has 2 fully saturated rings. The molecule has 0 aliphatic carbocycles. The van der Waals surface area contributed by atoms with Gasteiger partial charge in [-0.25, -0.2) is 8.42 Å². The Labute approximate surface area is 105 Å². The Morgan fingerprint density at radius 1 is 1.24 bits per heavy atom. The fourth-order valence-corrected chi connectivity index (χ4v) is 4.63. The van der Waals surface area contributed by atoms with Gasteiger partial charge in [0.1, 0.15) is 0 Å². The summed E-state index contributed by atoms with van der Waals surface area (Å²) in [5.74, 6) is 0.699. The molecule has 2 saturated heterocycles. The molecule has 0 aromatic heterocycles. The van der Waals surface area contributed by atoms with E-state index in [1.165, 1.54) is 0 Å². The fourth-order valence-electron chi connectivity index (χ4n) is 2.90. The molecule has 2 heterocycles. The van der Waals surface area contributed by atoms with E-state index in [2.05, 4.69) is 37.9 Å². The van der Waals surface area contributed by atoms with Crippen molar-refractivity contribution in [2.24, 2.45) is 0 Å². The summed E-state index contributed by atoms with van der Waals surface area (Å²) < 4.78 is 23.2. The number of nitrogens with zero attached hydrogens (tertiary/aromatic N) is 1. The zero-order valence-electron chi connectivity index (χ0n) is 11.3. The van der Waals surface area contributed by atoms with Crippen LogP contribution in [0, 0.1) is 0 Å². The Morgan fingerprint density at radius 2 is 1.88 bits per heavy atom. The van der Waals surface area contributed by atoms with Crippen LogP contribution in [-0.4, -0.2) is 55.0 Å². The van der Waals surface area contributed by atoms with Crippen molar-refractivity contribution < 1.29 is 8.42 Å². The highest BCUT2D eigenvalue weighted by Crippen LogP contribution is 2.30. The first-order valence-corrected chi connectivity index (χ1v) is 8.16. The third-order valence-electron chi connectivity index (χ3n) is 3.99. The Balaban J connectivity index is 2.17. The minimum Gasteiger partial charge on any atom is -0.309 e. The minimum absolute atomic E-state index is 0.0417. The lowest BCUT2D eigenvalue weighted by atomic mass is 9.89. The molecule has 0 radical (unpaired) electrons. The Morgan fingerprint density at radius 3 is 2.41 bits per heavy atom. The van der Waals surface area contributed by atoms with Crippen molar-refractivity contribution in [3.05, 3.63) is 0 Å². The summed E-state index contributed by atoms with van der Waals surface area (Å²) in [6.45, 7) is 10.6. The molecule has 1 atom stereocenters. The second-order valence-corrected chi connectivity index (χ2v) is 8.96. The van der Waals surface area contributed by atoms with Crippen LogP contribution in [0.25, 0.3) is 0 Å². The SMILES string of the molecule is CC1(C)CN(C2CCS(=O)(=O)C2)C(C)(C)CN1. The number of sulfone groups is 1. The molecule has 0 spiro atoms. The van der Waals surface area contributed by atoms with Gasteiger partial charge in [0.05, 0.1) is 11.5 Å². The van der Waals surface area contributed by atoms with E-state index in [9.17, 15) is 8.42 Å². The summed E-state index contributed by atoms with van der Waals surface area (Å²) in [4.78, 5) is 2.40. The molecule has 4 nitrogen and oxygen atoms in total. The van der Waals surface area contributed by atoms with Gasteiger partial charge in [-0.3, -0.25) is 4.90 Å². The van der Waals surface area contributed by atoms with E-state index in [1.807, 2.05) is 0 Å². The van der Waals surface area contributed by atoms with Crippen LogP contribution in [0.3, 0.4) is 0 Å². The lowest BCUT2D eigenvalue weighted by molar-refractivity contribution is 0.0107. The number of hydrogen-bond acceptors (Lipinski definition) is 4. The maximum atomic E-state index is 11.6. The molecule has 5 heteroatoms. The average Bonchev–Trinajstić information content (AvgIpc) is 2.51. The van der Waals surface area contributed by atoms with E-state index in [0.29, 0.717) is 11.5 Å². The maximum absolute atomic E-state index is 11.6. The molecule has 0 amide bonds. The monoisotopic (exact) mass is 260 g/mol. The lowest BCUT2D eigenvalue weighted by Crippen LogP contribution is -2.68. The molecule has 0 aromatic carbocycles. The van der Waals surface area contributed by atoms with Gasteiger partial charge in [0, 0.05) is 30.2 Å². The molecule has 0 aromatic rings. The van der Waals surface area contributed by atoms with Gasteiger partial charge in [0.25, 0.3) is 0 Å². The van der Waals surface area contributed by atoms with Crippen LogP contribution in [0.4, 0.5) is 0 Å². The maximum Gasteiger partial charge on any atom is 0.151 e. The number of hydrogen-bond donors (Lipinski definition) is 1. The van der Waals surface area contributed by atoms with E-state index in [4.69, 9.17) is 0 Å². The van der Waals surface area contributed by atoms with E-state index in [1.54, 1.807) is 0 Å². The highest BCUT2D eigenvalue weighted by molar-refractivity contribution is 7.91. The van der Waals surface area contributed by atoms with Crippen LogP contribution in [0.2, 0.25) is 0 Å². The highest BCUT2D eigenvalue weighted by Gasteiger charge is 2.44. The first kappa shape index (κ1) is 13.3. The average molecular weight is 260 g/mol. The molecular weight excluding hydrogens is 236 g/mol. The number of piperazine rings is 1. The Bertz CT molecular complexity index is 401. The van der Waals surface area contributed by atoms with E-state index < -0.39 is 9.84 Å². The summed E-state index contributed by atoms with van der Waals surface area (Å²) in [6.07, 6.45) is 0.793. The van der Waals surface area contributed by atoms with Gasteiger partial charge in [-0.05, 0) is 34.1 Å². The van der Waals surface area contributed by atoms with Crippen molar-refractivity contribution in [1.29, 1.82) is 0 Å². The quantitative estimate of drug-likeness (QED) is 0.751. The molecule has 2 rings (SSSR count). The van der Waals surface area contributed by atoms with Crippen molar-refractivity contribution in [3.63, 3.8) is 0 Å². The molecule has 17 heavy (non-hydrogen) atoms. The normalized spacial score (nSPS) is 35.9. The van der Waals surface area contributed by atoms with Gasteiger partial charge in [-0.2, -0.15) is 0 Å². The van der Waals surface area contributed by atoms with Crippen LogP contribution in [0.5, 0.6) is 0 Å². The third kappa shape index (κ3) is 2.83. The molecule has 0 saturated carbocycles. The second kappa shape index (κ2) is 3.93.